The Kier molecular flexibility index (Phi) is 3.81. The van der Waals surface area contributed by atoms with Crippen LogP contribution in [0, 0.1) is 5.92 Å². The molecule has 1 N–H and O–H groups in total. The molecule has 106 valence electrons. The van der Waals surface area contributed by atoms with Crippen molar-refractivity contribution >= 4 is 29.4 Å². The molecule has 2 rings (SSSR count). The summed E-state index contributed by atoms with van der Waals surface area (Å²) >= 11 is 5.81. The molecule has 0 saturated heterocycles. The number of halogens is 1. The van der Waals surface area contributed by atoms with Crippen LogP contribution in [0.1, 0.15) is 41.0 Å². The molecule has 1 aliphatic rings. The van der Waals surface area contributed by atoms with E-state index in [1.165, 1.54) is 18.2 Å². The zero-order valence-electron chi connectivity index (χ0n) is 11.1. The van der Waals surface area contributed by atoms with Gasteiger partial charge in [0.25, 0.3) is 11.8 Å². The molecular formula is C14H14ClNO4. The minimum atomic E-state index is -1.18. The van der Waals surface area contributed by atoms with Crippen LogP contribution in [-0.2, 0) is 4.79 Å². The Bertz CT molecular complexity index is 597. The summed E-state index contributed by atoms with van der Waals surface area (Å²) in [5.74, 6) is -2.31. The number of hydrogen-bond donors (Lipinski definition) is 1. The second-order valence-corrected chi connectivity index (χ2v) is 5.59. The Hall–Kier alpha value is -1.88. The summed E-state index contributed by atoms with van der Waals surface area (Å²) in [5.41, 5.74) is 0.368. The van der Waals surface area contributed by atoms with Gasteiger partial charge in [0.1, 0.15) is 6.04 Å². The fourth-order valence-electron chi connectivity index (χ4n) is 2.28. The Morgan fingerprint density at radius 3 is 2.40 bits per heavy atom. The second-order valence-electron chi connectivity index (χ2n) is 5.15. The Morgan fingerprint density at radius 2 is 1.85 bits per heavy atom. The highest BCUT2D eigenvalue weighted by molar-refractivity contribution is 6.32. The van der Waals surface area contributed by atoms with Crippen molar-refractivity contribution in [1.82, 2.24) is 4.90 Å². The van der Waals surface area contributed by atoms with E-state index in [1.54, 1.807) is 0 Å². The molecule has 1 atom stereocenters. The SMILES string of the molecule is CC(C)CC(C(=O)O)N1C(=O)c2ccc(Cl)cc2C1=O. The van der Waals surface area contributed by atoms with Crippen molar-refractivity contribution < 1.29 is 19.5 Å². The second kappa shape index (κ2) is 5.25. The van der Waals surface area contributed by atoms with E-state index in [2.05, 4.69) is 0 Å². The van der Waals surface area contributed by atoms with Crippen LogP contribution >= 0.6 is 11.6 Å². The predicted molar refractivity (Wildman–Crippen MR) is 72.8 cm³/mol. The number of aliphatic carboxylic acids is 1. The number of benzene rings is 1. The highest BCUT2D eigenvalue weighted by atomic mass is 35.5. The van der Waals surface area contributed by atoms with Crippen molar-refractivity contribution in [3.63, 3.8) is 0 Å². The molecule has 1 heterocycles. The molecule has 0 radical (unpaired) electrons. The van der Waals surface area contributed by atoms with Crippen LogP contribution in [0.25, 0.3) is 0 Å². The molecule has 0 bridgehead atoms. The maximum atomic E-state index is 12.3. The van der Waals surface area contributed by atoms with E-state index < -0.39 is 23.8 Å². The van der Waals surface area contributed by atoms with Gasteiger partial charge in [-0.3, -0.25) is 14.5 Å². The summed E-state index contributed by atoms with van der Waals surface area (Å²) in [7, 11) is 0. The number of amides is 2. The van der Waals surface area contributed by atoms with Gasteiger partial charge in [-0.15, -0.1) is 0 Å². The zero-order chi connectivity index (χ0) is 15.0. The van der Waals surface area contributed by atoms with Gasteiger partial charge in [0, 0.05) is 5.02 Å². The van der Waals surface area contributed by atoms with E-state index >= 15 is 0 Å². The van der Waals surface area contributed by atoms with Gasteiger partial charge in [-0.2, -0.15) is 0 Å². The Balaban J connectivity index is 2.42. The molecule has 0 fully saturated rings. The first-order valence-corrected chi connectivity index (χ1v) is 6.61. The van der Waals surface area contributed by atoms with E-state index in [0.717, 1.165) is 4.90 Å². The molecule has 1 aromatic carbocycles. The molecule has 0 spiro atoms. The van der Waals surface area contributed by atoms with Gasteiger partial charge in [-0.25, -0.2) is 4.79 Å². The van der Waals surface area contributed by atoms with Crippen LogP contribution in [0.15, 0.2) is 18.2 Å². The summed E-state index contributed by atoms with van der Waals surface area (Å²) in [4.78, 5) is 36.7. The van der Waals surface area contributed by atoms with E-state index in [-0.39, 0.29) is 23.5 Å². The normalized spacial score (nSPS) is 15.7. The molecule has 20 heavy (non-hydrogen) atoms. The van der Waals surface area contributed by atoms with Gasteiger partial charge >= 0.3 is 5.97 Å². The van der Waals surface area contributed by atoms with Crippen molar-refractivity contribution in [2.75, 3.05) is 0 Å². The predicted octanol–water partition coefficient (Wildman–Crippen LogP) is 2.44. The maximum absolute atomic E-state index is 12.3. The molecule has 2 amide bonds. The van der Waals surface area contributed by atoms with Gasteiger partial charge in [-0.05, 0) is 30.5 Å². The summed E-state index contributed by atoms with van der Waals surface area (Å²) in [6.45, 7) is 3.68. The monoisotopic (exact) mass is 295 g/mol. The van der Waals surface area contributed by atoms with Gasteiger partial charge in [-0.1, -0.05) is 25.4 Å². The van der Waals surface area contributed by atoms with Gasteiger partial charge in [0.05, 0.1) is 11.1 Å². The minimum absolute atomic E-state index is 0.0454. The van der Waals surface area contributed by atoms with Crippen molar-refractivity contribution in [1.29, 1.82) is 0 Å². The number of carboxylic acids is 1. The summed E-state index contributed by atoms with van der Waals surface area (Å²) in [6, 6.07) is 3.20. The first-order chi connectivity index (χ1) is 9.32. The van der Waals surface area contributed by atoms with Crippen molar-refractivity contribution in [2.24, 2.45) is 5.92 Å². The summed E-state index contributed by atoms with van der Waals surface area (Å²) < 4.78 is 0. The number of nitrogens with zero attached hydrogens (tertiary/aromatic N) is 1. The molecule has 0 aromatic heterocycles. The number of carboxylic acid groups (broad SMARTS) is 1. The highest BCUT2D eigenvalue weighted by Gasteiger charge is 2.43. The van der Waals surface area contributed by atoms with E-state index in [1.807, 2.05) is 13.8 Å². The third-order valence-corrected chi connectivity index (χ3v) is 3.41. The summed E-state index contributed by atoms with van der Waals surface area (Å²) in [6.07, 6.45) is 0.217. The van der Waals surface area contributed by atoms with Gasteiger partial charge < -0.3 is 5.11 Å². The lowest BCUT2D eigenvalue weighted by molar-refractivity contribution is -0.142. The lowest BCUT2D eigenvalue weighted by atomic mass is 10.0. The molecule has 5 nitrogen and oxygen atoms in total. The number of hydrogen-bond acceptors (Lipinski definition) is 3. The fourth-order valence-corrected chi connectivity index (χ4v) is 2.45. The summed E-state index contributed by atoms with van der Waals surface area (Å²) in [5, 5.41) is 9.62. The van der Waals surface area contributed by atoms with Crippen LogP contribution in [-0.4, -0.2) is 33.8 Å². The van der Waals surface area contributed by atoms with E-state index in [4.69, 9.17) is 11.6 Å². The van der Waals surface area contributed by atoms with Crippen molar-refractivity contribution in [3.05, 3.63) is 34.3 Å². The number of fused-ring (bicyclic) bond motifs is 1. The molecular weight excluding hydrogens is 282 g/mol. The smallest absolute Gasteiger partial charge is 0.326 e. The van der Waals surface area contributed by atoms with Gasteiger partial charge in [0.15, 0.2) is 0 Å². The number of imide groups is 1. The Labute approximate surface area is 121 Å². The van der Waals surface area contributed by atoms with E-state index in [9.17, 15) is 19.5 Å². The molecule has 1 aliphatic heterocycles. The third-order valence-electron chi connectivity index (χ3n) is 3.17. The van der Waals surface area contributed by atoms with Gasteiger partial charge in [0.2, 0.25) is 0 Å². The molecule has 6 heteroatoms. The molecule has 1 aromatic rings. The Morgan fingerprint density at radius 1 is 1.25 bits per heavy atom. The van der Waals surface area contributed by atoms with Crippen LogP contribution in [0.4, 0.5) is 0 Å². The number of carbonyl (C=O) groups is 3. The number of rotatable bonds is 4. The lowest BCUT2D eigenvalue weighted by Crippen LogP contribution is -2.45. The standard InChI is InChI=1S/C14H14ClNO4/c1-7(2)5-11(14(19)20)16-12(17)9-4-3-8(15)6-10(9)13(16)18/h3-4,6-7,11H,5H2,1-2H3,(H,19,20). The van der Waals surface area contributed by atoms with Crippen molar-refractivity contribution in [2.45, 2.75) is 26.3 Å². The maximum Gasteiger partial charge on any atom is 0.326 e. The first-order valence-electron chi connectivity index (χ1n) is 6.23. The zero-order valence-corrected chi connectivity index (χ0v) is 11.8. The average molecular weight is 296 g/mol. The third kappa shape index (κ3) is 2.41. The number of carbonyl (C=O) groups excluding carboxylic acids is 2. The topological polar surface area (TPSA) is 74.7 Å². The molecule has 0 saturated carbocycles. The van der Waals surface area contributed by atoms with Crippen LogP contribution in [0.3, 0.4) is 0 Å². The first kappa shape index (κ1) is 14.5. The van der Waals surface area contributed by atoms with Crippen LogP contribution in [0.5, 0.6) is 0 Å². The minimum Gasteiger partial charge on any atom is -0.480 e. The average Bonchev–Trinajstić information content (AvgIpc) is 2.58. The molecule has 1 unspecified atom stereocenters. The van der Waals surface area contributed by atoms with E-state index in [0.29, 0.717) is 5.02 Å². The van der Waals surface area contributed by atoms with Crippen LogP contribution in [0.2, 0.25) is 5.02 Å². The fraction of sp³-hybridized carbons (Fsp3) is 0.357. The lowest BCUT2D eigenvalue weighted by Gasteiger charge is -2.23. The van der Waals surface area contributed by atoms with Crippen molar-refractivity contribution in [3.8, 4) is 0 Å². The highest BCUT2D eigenvalue weighted by Crippen LogP contribution is 2.29. The molecule has 0 aliphatic carbocycles. The largest absolute Gasteiger partial charge is 0.480 e. The van der Waals surface area contributed by atoms with Crippen LogP contribution < -0.4 is 0 Å². The quantitative estimate of drug-likeness (QED) is 0.866.